The van der Waals surface area contributed by atoms with E-state index in [1.807, 2.05) is 48.5 Å². The number of hydrogen-bond donors (Lipinski definition) is 3. The number of oxazole rings is 1. The predicted octanol–water partition coefficient (Wildman–Crippen LogP) is 9.80. The summed E-state index contributed by atoms with van der Waals surface area (Å²) in [7, 11) is 0. The van der Waals surface area contributed by atoms with Crippen molar-refractivity contribution in [3.05, 3.63) is 104 Å². The zero-order valence-corrected chi connectivity index (χ0v) is 24.3. The number of nitrogens with one attached hydrogen (secondary N) is 1. The number of aromatic hydroxyl groups is 1. The fourth-order valence-electron chi connectivity index (χ4n) is 2.70. The molecule has 5 aromatic rings. The lowest BCUT2D eigenvalue weighted by Crippen LogP contribution is -1.89. The second-order valence-electron chi connectivity index (χ2n) is 7.15. The number of anilines is 3. The summed E-state index contributed by atoms with van der Waals surface area (Å²) in [6.07, 6.45) is 0. The van der Waals surface area contributed by atoms with Gasteiger partial charge in [-0.1, -0.05) is 55.1 Å². The largest absolute Gasteiger partial charge is 0.506 e. The molecule has 11 heteroatoms. The number of phenolic OH excluding ortho intramolecular Hbond substituents is 1. The van der Waals surface area contributed by atoms with E-state index in [4.69, 9.17) is 38.5 Å². The summed E-state index contributed by atoms with van der Waals surface area (Å²) < 4.78 is 7.63. The zero-order valence-electron chi connectivity index (χ0n) is 18.8. The maximum absolute atomic E-state index is 8.86. The van der Waals surface area contributed by atoms with Gasteiger partial charge in [-0.2, -0.15) is 9.98 Å². The van der Waals surface area contributed by atoms with E-state index in [1.54, 1.807) is 24.3 Å². The highest BCUT2D eigenvalue weighted by Gasteiger charge is 2.06. The van der Waals surface area contributed by atoms with Crippen LogP contribution in [0.15, 0.2) is 103 Å². The molecular formula is C26H18Br2Cl2N4O2S. The Morgan fingerprint density at radius 2 is 1.49 bits per heavy atom. The molecule has 0 bridgehead atoms. The van der Waals surface area contributed by atoms with E-state index >= 15 is 0 Å². The number of halogens is 4. The SMILES string of the molecule is Clc1ccc2oc(Nc3ccc(Br)cc3)nc2c1.Nc1cc(Cl)ccc1O.S=C=Nc1ccc(Br)cc1. The molecule has 0 aliphatic carbocycles. The molecule has 4 N–H and O–H groups in total. The number of nitrogen functional groups attached to an aromatic ring is 1. The van der Waals surface area contributed by atoms with E-state index in [0.717, 1.165) is 25.8 Å². The average molecular weight is 681 g/mol. The highest BCUT2D eigenvalue weighted by Crippen LogP contribution is 2.25. The first-order valence-corrected chi connectivity index (χ1v) is 13.1. The van der Waals surface area contributed by atoms with Gasteiger partial charge in [-0.05, 0) is 97.1 Å². The Kier molecular flexibility index (Phi) is 11.0. The van der Waals surface area contributed by atoms with Gasteiger partial charge in [0.05, 0.1) is 16.5 Å². The number of aliphatic imine (C=N–C) groups is 1. The molecule has 0 unspecified atom stereocenters. The molecule has 5 rings (SSSR count). The third-order valence-corrected chi connectivity index (χ3v) is 6.05. The number of hydrogen-bond acceptors (Lipinski definition) is 7. The van der Waals surface area contributed by atoms with Gasteiger partial charge < -0.3 is 20.6 Å². The molecular weight excluding hydrogens is 663 g/mol. The molecule has 0 radical (unpaired) electrons. The molecule has 1 heterocycles. The minimum absolute atomic E-state index is 0.0689. The molecule has 0 fully saturated rings. The number of isothiocyanates is 1. The topological polar surface area (TPSA) is 96.7 Å². The van der Waals surface area contributed by atoms with Gasteiger partial charge in [-0.15, -0.1) is 0 Å². The first kappa shape index (κ1) is 28.7. The third-order valence-electron chi connectivity index (χ3n) is 4.44. The van der Waals surface area contributed by atoms with Crippen LogP contribution in [0.5, 0.6) is 5.75 Å². The average Bonchev–Trinajstić information content (AvgIpc) is 3.27. The van der Waals surface area contributed by atoms with Gasteiger partial charge in [0, 0.05) is 24.7 Å². The molecule has 188 valence electrons. The van der Waals surface area contributed by atoms with Crippen molar-refractivity contribution in [3.8, 4) is 5.75 Å². The van der Waals surface area contributed by atoms with Gasteiger partial charge in [-0.3, -0.25) is 0 Å². The van der Waals surface area contributed by atoms with Gasteiger partial charge in [0.15, 0.2) is 5.58 Å². The number of rotatable bonds is 3. The van der Waals surface area contributed by atoms with Crippen molar-refractivity contribution in [1.82, 2.24) is 4.98 Å². The highest BCUT2D eigenvalue weighted by molar-refractivity contribution is 9.10. The van der Waals surface area contributed by atoms with Crippen LogP contribution in [0.25, 0.3) is 11.1 Å². The van der Waals surface area contributed by atoms with Crippen LogP contribution in [0.4, 0.5) is 23.1 Å². The lowest BCUT2D eigenvalue weighted by molar-refractivity contribution is 0.478. The van der Waals surface area contributed by atoms with Crippen LogP contribution < -0.4 is 11.1 Å². The molecule has 0 spiro atoms. The number of nitrogens with zero attached hydrogens (tertiary/aromatic N) is 2. The van der Waals surface area contributed by atoms with Crippen LogP contribution in [-0.4, -0.2) is 15.3 Å². The standard InChI is InChI=1S/C13H8BrClN2O.C7H4BrNS.C6H6ClNO/c14-8-1-4-10(5-2-8)16-13-17-11-7-9(15)3-6-12(11)18-13;8-6-1-3-7(4-2-6)9-5-10;7-4-1-2-6(9)5(8)3-4/h1-7H,(H,16,17);1-4H;1-3,9H,8H2. The number of fused-ring (bicyclic) bond motifs is 1. The molecule has 0 aliphatic heterocycles. The highest BCUT2D eigenvalue weighted by atomic mass is 79.9. The van der Waals surface area contributed by atoms with E-state index in [1.165, 1.54) is 12.1 Å². The van der Waals surface area contributed by atoms with Gasteiger partial charge in [0.1, 0.15) is 11.3 Å². The quantitative estimate of drug-likeness (QED) is 0.0760. The van der Waals surface area contributed by atoms with Crippen molar-refractivity contribution < 1.29 is 9.52 Å². The monoisotopic (exact) mass is 678 g/mol. The Morgan fingerprint density at radius 1 is 0.892 bits per heavy atom. The summed E-state index contributed by atoms with van der Waals surface area (Å²) in [4.78, 5) is 8.11. The molecule has 0 saturated carbocycles. The second-order valence-corrected chi connectivity index (χ2v) is 10.0. The van der Waals surface area contributed by atoms with Gasteiger partial charge >= 0.3 is 0 Å². The molecule has 0 saturated heterocycles. The first-order chi connectivity index (χ1) is 17.7. The Hall–Kier alpha value is -2.91. The van der Waals surface area contributed by atoms with Crippen molar-refractivity contribution in [3.63, 3.8) is 0 Å². The minimum atomic E-state index is 0.0689. The van der Waals surface area contributed by atoms with Crippen LogP contribution in [0.1, 0.15) is 0 Å². The Morgan fingerprint density at radius 3 is 2.08 bits per heavy atom. The van der Waals surface area contributed by atoms with Crippen molar-refractivity contribution >= 4 is 107 Å². The number of thiocarbonyl (C=S) groups is 1. The normalized spacial score (nSPS) is 9.84. The van der Waals surface area contributed by atoms with Crippen LogP contribution in [0, 0.1) is 0 Å². The van der Waals surface area contributed by atoms with Gasteiger partial charge in [0.2, 0.25) is 0 Å². The molecule has 37 heavy (non-hydrogen) atoms. The molecule has 6 nitrogen and oxygen atoms in total. The van der Waals surface area contributed by atoms with Gasteiger partial charge in [-0.25, -0.2) is 0 Å². The summed E-state index contributed by atoms with van der Waals surface area (Å²) in [5.74, 6) is 0.0689. The van der Waals surface area contributed by atoms with E-state index in [9.17, 15) is 0 Å². The number of aromatic nitrogens is 1. The van der Waals surface area contributed by atoms with Crippen molar-refractivity contribution in [2.45, 2.75) is 0 Å². The summed E-state index contributed by atoms with van der Waals surface area (Å²) in [5.41, 5.74) is 8.78. The number of benzene rings is 4. The van der Waals surface area contributed by atoms with Gasteiger partial charge in [0.25, 0.3) is 6.01 Å². The first-order valence-electron chi connectivity index (χ1n) is 10.4. The van der Waals surface area contributed by atoms with Crippen LogP contribution >= 0.6 is 67.3 Å². The molecule has 0 aliphatic rings. The molecule has 0 atom stereocenters. The van der Waals surface area contributed by atoms with Crippen LogP contribution in [0.2, 0.25) is 10.0 Å². The van der Waals surface area contributed by atoms with Crippen LogP contribution in [-0.2, 0) is 0 Å². The van der Waals surface area contributed by atoms with Crippen molar-refractivity contribution in [2.24, 2.45) is 4.99 Å². The number of phenols is 1. The molecule has 4 aromatic carbocycles. The summed E-state index contributed by atoms with van der Waals surface area (Å²) in [6.45, 7) is 0. The lowest BCUT2D eigenvalue weighted by atomic mass is 10.3. The Balaban J connectivity index is 0.000000170. The predicted molar refractivity (Wildman–Crippen MR) is 163 cm³/mol. The summed E-state index contributed by atoms with van der Waals surface area (Å²) >= 11 is 22.6. The third kappa shape index (κ3) is 9.48. The molecule has 0 amide bonds. The van der Waals surface area contributed by atoms with E-state index in [0.29, 0.717) is 27.3 Å². The van der Waals surface area contributed by atoms with E-state index in [2.05, 4.69) is 64.5 Å². The fourth-order valence-corrected chi connectivity index (χ4v) is 3.69. The maximum Gasteiger partial charge on any atom is 0.300 e. The number of nitrogens with two attached hydrogens (primary N) is 1. The minimum Gasteiger partial charge on any atom is -0.506 e. The fraction of sp³-hybridized carbons (Fsp3) is 0. The maximum atomic E-state index is 8.86. The van der Waals surface area contributed by atoms with Crippen LogP contribution in [0.3, 0.4) is 0 Å². The van der Waals surface area contributed by atoms with Crippen molar-refractivity contribution in [1.29, 1.82) is 0 Å². The summed E-state index contributed by atoms with van der Waals surface area (Å²) in [6, 6.07) is 25.6. The lowest BCUT2D eigenvalue weighted by Gasteiger charge is -2.00. The van der Waals surface area contributed by atoms with Crippen molar-refractivity contribution in [2.75, 3.05) is 11.1 Å². The second kappa shape index (κ2) is 14.1. The Labute approximate surface area is 245 Å². The Bertz CT molecular complexity index is 1520. The molecule has 1 aromatic heterocycles. The zero-order chi connectivity index (χ0) is 26.8. The smallest absolute Gasteiger partial charge is 0.300 e. The summed E-state index contributed by atoms with van der Waals surface area (Å²) in [5, 5.41) is 15.4. The van der Waals surface area contributed by atoms with E-state index < -0.39 is 0 Å². The van der Waals surface area contributed by atoms with E-state index in [-0.39, 0.29) is 5.75 Å².